The number of aliphatic hydroxyl groups is 1. The Morgan fingerprint density at radius 1 is 0.284 bits per heavy atom. The Kier molecular flexibility index (Phi) is 70.5. The molecule has 102 heavy (non-hydrogen) atoms. The zero-order valence-corrected chi connectivity index (χ0v) is 65.3. The van der Waals surface area contributed by atoms with Crippen LogP contribution in [0.5, 0.6) is 0 Å². The van der Waals surface area contributed by atoms with Crippen molar-refractivity contribution < 1.29 is 80.2 Å². The number of hydrogen-bond donors (Lipinski definition) is 3. The SMILES string of the molecule is CC/C=C\C/C=C\C/C=C\C/C=C\C/C=C\C/C=C\CCC(=O)OCC(COP(=O)(O)OCC(O)COP(=O)(O)OCC(COC(=O)CCCCCC/C=C\C/C=C\C/C=C\C/C=C\CC)OC(=O)CCCCCCC/C=C\CCCCCC)OC(=O)CCCCCCC/C=C\CCCCCC. The third-order valence-corrected chi connectivity index (χ3v) is 17.7. The minimum Gasteiger partial charge on any atom is -0.462 e. The summed E-state index contributed by atoms with van der Waals surface area (Å²) in [6, 6.07) is 0. The third kappa shape index (κ3) is 73.3. The molecule has 0 aliphatic carbocycles. The van der Waals surface area contributed by atoms with E-state index in [-0.39, 0.29) is 25.7 Å². The molecule has 0 aliphatic rings. The average Bonchev–Trinajstić information content (AvgIpc) is 0.909. The Labute approximate surface area is 617 Å². The van der Waals surface area contributed by atoms with Crippen LogP contribution in [0.1, 0.15) is 297 Å². The largest absolute Gasteiger partial charge is 0.472 e. The number of hydrogen-bond acceptors (Lipinski definition) is 15. The Bertz CT molecular complexity index is 2510. The van der Waals surface area contributed by atoms with Crippen LogP contribution in [0.4, 0.5) is 0 Å². The van der Waals surface area contributed by atoms with Crippen molar-refractivity contribution in [3.63, 3.8) is 0 Å². The Morgan fingerprint density at radius 2 is 0.529 bits per heavy atom. The molecule has 0 saturated carbocycles. The number of phosphoric ester groups is 2. The number of aliphatic hydroxyl groups excluding tert-OH is 1. The molecule has 0 bridgehead atoms. The number of unbranched alkanes of at least 4 members (excludes halogenated alkanes) is 22. The number of carbonyl (C=O) groups excluding carboxylic acids is 4. The maximum atomic E-state index is 13.1. The summed E-state index contributed by atoms with van der Waals surface area (Å²) in [6.45, 7) is 4.48. The number of allylic oxidation sites excluding steroid dienone is 24. The van der Waals surface area contributed by atoms with Crippen LogP contribution in [-0.2, 0) is 65.4 Å². The molecule has 0 radical (unpaired) electrons. The number of ether oxygens (including phenoxy) is 4. The highest BCUT2D eigenvalue weighted by Gasteiger charge is 2.30. The molecule has 19 heteroatoms. The predicted molar refractivity (Wildman–Crippen MR) is 417 cm³/mol. The molecule has 17 nitrogen and oxygen atoms in total. The highest BCUT2D eigenvalue weighted by Crippen LogP contribution is 2.45. The van der Waals surface area contributed by atoms with E-state index in [0.717, 1.165) is 161 Å². The predicted octanol–water partition coefficient (Wildman–Crippen LogP) is 22.7. The molecule has 0 amide bonds. The number of esters is 4. The van der Waals surface area contributed by atoms with Gasteiger partial charge >= 0.3 is 39.5 Å². The summed E-state index contributed by atoms with van der Waals surface area (Å²) in [4.78, 5) is 72.9. The van der Waals surface area contributed by atoms with E-state index in [0.29, 0.717) is 32.1 Å². The van der Waals surface area contributed by atoms with Crippen LogP contribution in [0.25, 0.3) is 0 Å². The fourth-order valence-electron chi connectivity index (χ4n) is 9.87. The normalized spacial score (nSPS) is 14.7. The van der Waals surface area contributed by atoms with Gasteiger partial charge in [0.2, 0.25) is 0 Å². The van der Waals surface area contributed by atoms with Gasteiger partial charge in [-0.2, -0.15) is 0 Å². The van der Waals surface area contributed by atoms with Crippen molar-refractivity contribution in [3.05, 3.63) is 146 Å². The van der Waals surface area contributed by atoms with E-state index in [1.54, 1.807) is 0 Å². The van der Waals surface area contributed by atoms with Crippen LogP contribution in [-0.4, -0.2) is 96.7 Å². The molecule has 0 aromatic carbocycles. The van der Waals surface area contributed by atoms with Crippen LogP contribution in [0.3, 0.4) is 0 Å². The van der Waals surface area contributed by atoms with Crippen molar-refractivity contribution in [2.45, 2.75) is 316 Å². The second-order valence-electron chi connectivity index (χ2n) is 25.5. The van der Waals surface area contributed by atoms with Crippen LogP contribution in [0.2, 0.25) is 0 Å². The maximum absolute atomic E-state index is 13.1. The van der Waals surface area contributed by atoms with Crippen molar-refractivity contribution in [1.82, 2.24) is 0 Å². The van der Waals surface area contributed by atoms with Crippen LogP contribution < -0.4 is 0 Å². The minimum atomic E-state index is -5.00. The summed E-state index contributed by atoms with van der Waals surface area (Å²) >= 11 is 0. The Hall–Kier alpha value is -5.06. The molecule has 5 unspecified atom stereocenters. The number of carbonyl (C=O) groups is 4. The van der Waals surface area contributed by atoms with Gasteiger partial charge in [-0.3, -0.25) is 37.3 Å². The lowest BCUT2D eigenvalue weighted by atomic mass is 10.1. The topological polar surface area (TPSA) is 237 Å². The molecule has 0 saturated heterocycles. The Morgan fingerprint density at radius 3 is 0.853 bits per heavy atom. The lowest BCUT2D eigenvalue weighted by molar-refractivity contribution is -0.161. The van der Waals surface area contributed by atoms with Crippen molar-refractivity contribution >= 4 is 39.5 Å². The van der Waals surface area contributed by atoms with Gasteiger partial charge in [-0.25, -0.2) is 9.13 Å². The minimum absolute atomic E-state index is 0.0308. The fraction of sp³-hybridized carbons (Fsp3) is 0.663. The van der Waals surface area contributed by atoms with E-state index in [2.05, 4.69) is 155 Å². The molecule has 5 atom stereocenters. The Balaban J connectivity index is 5.43. The van der Waals surface area contributed by atoms with E-state index in [1.165, 1.54) is 51.4 Å². The smallest absolute Gasteiger partial charge is 0.462 e. The van der Waals surface area contributed by atoms with Crippen LogP contribution in [0, 0.1) is 0 Å². The van der Waals surface area contributed by atoms with E-state index in [1.807, 2.05) is 18.2 Å². The molecule has 0 rings (SSSR count). The lowest BCUT2D eigenvalue weighted by Crippen LogP contribution is -2.30. The van der Waals surface area contributed by atoms with Gasteiger partial charge in [0.25, 0.3) is 0 Å². The molecule has 0 aliphatic heterocycles. The standard InChI is InChI=1S/C83H138O17P2/c1-5-9-13-17-21-25-29-33-35-37-38-40-42-46-48-52-56-60-64-68-81(86)94-74-79(100-83(88)70-66-62-58-54-50-44-32-28-24-20-16-12-8-4)76-98-102(91,92)96-72-77(84)71-95-101(89,90)97-75-78(99-82(87)69-65-61-57-53-49-43-31-27-23-19-15-11-7-3)73-93-80(85)67-63-59-55-51-47-45-41-39-36-34-30-26-22-18-14-10-6-2/h9-10,13-14,21-22,25-28,31-36,38,40-41,45-46,48,56,60,77-79,84H,5-8,11-12,15-20,23-24,29-30,37,39,42-44,47,49-55,57-59,61-76H2,1-4H3,(H,89,90)(H,91,92)/b13-9-,14-10-,25-21-,26-22-,31-27-,32-28-,35-33-,36-34-,40-38-,45-41-,48-46-,60-56-. The number of rotatable bonds is 72. The van der Waals surface area contributed by atoms with Crippen molar-refractivity contribution in [3.8, 4) is 0 Å². The van der Waals surface area contributed by atoms with Crippen LogP contribution >= 0.6 is 15.6 Å². The van der Waals surface area contributed by atoms with Gasteiger partial charge in [-0.05, 0) is 154 Å². The summed E-state index contributed by atoms with van der Waals surface area (Å²) in [5, 5.41) is 10.6. The van der Waals surface area contributed by atoms with E-state index >= 15 is 0 Å². The lowest BCUT2D eigenvalue weighted by Gasteiger charge is -2.21. The molecular formula is C83H138O17P2. The zero-order chi connectivity index (χ0) is 74.6. The van der Waals surface area contributed by atoms with Gasteiger partial charge in [-0.15, -0.1) is 0 Å². The van der Waals surface area contributed by atoms with Gasteiger partial charge in [0.05, 0.1) is 26.4 Å². The monoisotopic (exact) mass is 1470 g/mol. The van der Waals surface area contributed by atoms with Crippen molar-refractivity contribution in [2.75, 3.05) is 39.6 Å². The molecule has 0 spiro atoms. The highest BCUT2D eigenvalue weighted by molar-refractivity contribution is 7.47. The van der Waals surface area contributed by atoms with Crippen LogP contribution in [0.15, 0.2) is 146 Å². The molecule has 3 N–H and O–H groups in total. The van der Waals surface area contributed by atoms with Crippen molar-refractivity contribution in [1.29, 1.82) is 0 Å². The molecule has 0 aromatic heterocycles. The molecule has 582 valence electrons. The second-order valence-corrected chi connectivity index (χ2v) is 28.4. The van der Waals surface area contributed by atoms with Gasteiger partial charge in [0.1, 0.15) is 19.3 Å². The van der Waals surface area contributed by atoms with E-state index in [9.17, 15) is 43.2 Å². The first-order valence-corrected chi connectivity index (χ1v) is 42.1. The van der Waals surface area contributed by atoms with Gasteiger partial charge in [0, 0.05) is 25.7 Å². The summed E-state index contributed by atoms with van der Waals surface area (Å²) < 4.78 is 68.4. The summed E-state index contributed by atoms with van der Waals surface area (Å²) in [5.74, 6) is -2.32. The first kappa shape index (κ1) is 96.9. The maximum Gasteiger partial charge on any atom is 0.472 e. The van der Waals surface area contributed by atoms with Gasteiger partial charge in [0.15, 0.2) is 12.2 Å². The van der Waals surface area contributed by atoms with E-state index in [4.69, 9.17) is 37.0 Å². The summed E-state index contributed by atoms with van der Waals surface area (Å²) in [6.07, 6.45) is 84.2. The number of phosphoric acid groups is 2. The highest BCUT2D eigenvalue weighted by atomic mass is 31.2. The molecule has 0 aromatic rings. The zero-order valence-electron chi connectivity index (χ0n) is 63.5. The summed E-state index contributed by atoms with van der Waals surface area (Å²) in [7, 11) is -9.99. The molecular weight excluding hydrogens is 1330 g/mol. The summed E-state index contributed by atoms with van der Waals surface area (Å²) in [5.41, 5.74) is 0. The first-order chi connectivity index (χ1) is 49.7. The average molecular weight is 1470 g/mol. The molecule has 0 fully saturated rings. The first-order valence-electron chi connectivity index (χ1n) is 39.1. The fourth-order valence-corrected chi connectivity index (χ4v) is 11.5. The quantitative estimate of drug-likeness (QED) is 0.0169. The van der Waals surface area contributed by atoms with E-state index < -0.39 is 97.5 Å². The third-order valence-electron chi connectivity index (χ3n) is 15.8. The van der Waals surface area contributed by atoms with Gasteiger partial charge < -0.3 is 33.8 Å². The second kappa shape index (κ2) is 74.2. The molecule has 0 heterocycles. The van der Waals surface area contributed by atoms with Crippen molar-refractivity contribution in [2.24, 2.45) is 0 Å². The van der Waals surface area contributed by atoms with Gasteiger partial charge in [-0.1, -0.05) is 263 Å².